The molecule has 2 heterocycles. The number of halogens is 6. The van der Waals surface area contributed by atoms with E-state index in [9.17, 15) is 19.2 Å². The van der Waals surface area contributed by atoms with Crippen molar-refractivity contribution in [1.29, 1.82) is 0 Å². The van der Waals surface area contributed by atoms with Gasteiger partial charge in [0.15, 0.2) is 0 Å². The minimum atomic E-state index is -6.11. The molecule has 2 aliphatic heterocycles. The minimum Gasteiger partial charge on any atom is -0.269 e. The molecule has 0 fully saturated rings. The molecule has 1 aliphatic carbocycles. The molecular weight excluding hydrogens is 891 g/mol. The number of alkyl halides is 6. The molecule has 0 aromatic heterocycles. The molecule has 3 aliphatic rings. The van der Waals surface area contributed by atoms with E-state index in [1.54, 1.807) is 57.2 Å². The highest BCUT2D eigenvalue weighted by Gasteiger charge is 2.73. The Bertz CT molecular complexity index is 3070. The SMILES string of the molecule is C/C=C/C(C)(CC)N1C(=O)c2ccc(C(c3ccc4c(c3)C(=O)N(c3ccc(C5(c6ccc(C(C)(CC)CC)cc6)c6ccccc6-c6ccccc65)cc3)C4=O)(C(F)(F)F)C(F)(F)F)cc2C1=O. The van der Waals surface area contributed by atoms with Gasteiger partial charge in [0.25, 0.3) is 23.6 Å². The number of allylic oxidation sites excluding steroid dienone is 1. The molecule has 69 heavy (non-hydrogen) atoms. The molecule has 1 atom stereocenters. The monoisotopic (exact) mass is 938 g/mol. The third-order valence-corrected chi connectivity index (χ3v) is 15.3. The highest BCUT2D eigenvalue weighted by Crippen LogP contribution is 2.59. The van der Waals surface area contributed by atoms with Gasteiger partial charge >= 0.3 is 12.4 Å². The number of carbonyl (C=O) groups excluding carboxylic acids is 4. The van der Waals surface area contributed by atoms with Gasteiger partial charge in [0.1, 0.15) is 0 Å². The number of benzene rings is 6. The van der Waals surface area contributed by atoms with Gasteiger partial charge in [-0.2, -0.15) is 26.3 Å². The second-order valence-electron chi connectivity index (χ2n) is 18.6. The number of carbonyl (C=O) groups is 4. The Morgan fingerprint density at radius 2 is 0.913 bits per heavy atom. The third kappa shape index (κ3) is 6.53. The second-order valence-corrected chi connectivity index (χ2v) is 18.6. The molecule has 4 amide bonds. The molecule has 352 valence electrons. The molecule has 0 spiro atoms. The number of hydrogen-bond acceptors (Lipinski definition) is 4. The summed E-state index contributed by atoms with van der Waals surface area (Å²) in [6.45, 7) is 11.5. The largest absolute Gasteiger partial charge is 0.411 e. The van der Waals surface area contributed by atoms with E-state index >= 15 is 26.3 Å². The predicted octanol–water partition coefficient (Wildman–Crippen LogP) is 13.7. The molecule has 12 heteroatoms. The van der Waals surface area contributed by atoms with Crippen molar-refractivity contribution < 1.29 is 45.5 Å². The van der Waals surface area contributed by atoms with E-state index in [1.807, 2.05) is 24.3 Å². The van der Waals surface area contributed by atoms with Crippen molar-refractivity contribution in [2.45, 2.75) is 94.9 Å². The van der Waals surface area contributed by atoms with Crippen LogP contribution in [0.5, 0.6) is 0 Å². The molecule has 0 radical (unpaired) electrons. The Labute approximate surface area is 396 Å². The average molecular weight is 939 g/mol. The molecule has 6 aromatic carbocycles. The van der Waals surface area contributed by atoms with Crippen molar-refractivity contribution in [1.82, 2.24) is 4.90 Å². The van der Waals surface area contributed by atoms with Gasteiger partial charge in [0.2, 0.25) is 5.41 Å². The average Bonchev–Trinajstić information content (AvgIpc) is 3.88. The Balaban J connectivity index is 1.13. The highest BCUT2D eigenvalue weighted by molar-refractivity contribution is 6.34. The number of rotatable bonds is 11. The summed E-state index contributed by atoms with van der Waals surface area (Å²) in [5.41, 5.74) is -4.63. The Kier molecular flexibility index (Phi) is 11.1. The molecule has 0 saturated carbocycles. The lowest BCUT2D eigenvalue weighted by atomic mass is 9.67. The van der Waals surface area contributed by atoms with E-state index in [0.29, 0.717) is 24.3 Å². The van der Waals surface area contributed by atoms with Crippen molar-refractivity contribution in [3.05, 3.63) is 207 Å². The molecule has 1 unspecified atom stereocenters. The summed E-state index contributed by atoms with van der Waals surface area (Å²) in [6.07, 6.45) is -6.96. The van der Waals surface area contributed by atoms with Gasteiger partial charge in [0.05, 0.1) is 38.9 Å². The molecule has 0 bridgehead atoms. The lowest BCUT2D eigenvalue weighted by Gasteiger charge is -2.38. The van der Waals surface area contributed by atoms with Crippen LogP contribution >= 0.6 is 0 Å². The Morgan fingerprint density at radius 1 is 0.493 bits per heavy atom. The fourth-order valence-electron chi connectivity index (χ4n) is 11.0. The first kappa shape index (κ1) is 47.0. The van der Waals surface area contributed by atoms with E-state index in [0.717, 1.165) is 68.2 Å². The number of nitrogens with zero attached hydrogens (tertiary/aromatic N) is 2. The fourth-order valence-corrected chi connectivity index (χ4v) is 11.0. The van der Waals surface area contributed by atoms with Crippen LogP contribution in [0.15, 0.2) is 146 Å². The van der Waals surface area contributed by atoms with Crippen LogP contribution in [0.4, 0.5) is 32.0 Å². The number of anilines is 1. The van der Waals surface area contributed by atoms with Crippen LogP contribution in [0, 0.1) is 0 Å². The van der Waals surface area contributed by atoms with Gasteiger partial charge in [0, 0.05) is 0 Å². The maximum Gasteiger partial charge on any atom is 0.411 e. The Morgan fingerprint density at radius 3 is 1.38 bits per heavy atom. The first-order chi connectivity index (χ1) is 32.7. The van der Waals surface area contributed by atoms with Gasteiger partial charge in [-0.1, -0.05) is 137 Å². The molecule has 0 N–H and O–H groups in total. The summed E-state index contributed by atoms with van der Waals surface area (Å²) in [7, 11) is 0. The summed E-state index contributed by atoms with van der Waals surface area (Å²) in [4.78, 5) is 57.3. The number of hydrogen-bond donors (Lipinski definition) is 0. The minimum absolute atomic E-state index is 0.0394. The maximum absolute atomic E-state index is 15.6. The van der Waals surface area contributed by atoms with Crippen LogP contribution in [0.25, 0.3) is 11.1 Å². The van der Waals surface area contributed by atoms with Gasteiger partial charge in [-0.25, -0.2) is 4.90 Å². The van der Waals surface area contributed by atoms with E-state index in [2.05, 4.69) is 69.3 Å². The maximum atomic E-state index is 15.6. The Hall–Kier alpha value is -7.08. The van der Waals surface area contributed by atoms with Crippen LogP contribution in [0.2, 0.25) is 0 Å². The van der Waals surface area contributed by atoms with Crippen LogP contribution in [-0.4, -0.2) is 46.4 Å². The van der Waals surface area contributed by atoms with E-state index in [-0.39, 0.29) is 28.7 Å². The van der Waals surface area contributed by atoms with E-state index in [1.165, 1.54) is 5.56 Å². The first-order valence-electron chi connectivity index (χ1n) is 22.9. The summed E-state index contributed by atoms with van der Waals surface area (Å²) >= 11 is 0. The normalized spacial score (nSPS) is 16.5. The van der Waals surface area contributed by atoms with E-state index in [4.69, 9.17) is 0 Å². The number of imide groups is 2. The van der Waals surface area contributed by atoms with Gasteiger partial charge < -0.3 is 0 Å². The van der Waals surface area contributed by atoms with Crippen molar-refractivity contribution in [3.8, 4) is 11.1 Å². The van der Waals surface area contributed by atoms with Crippen molar-refractivity contribution >= 4 is 29.3 Å². The predicted molar refractivity (Wildman–Crippen MR) is 253 cm³/mol. The molecular formula is C57H48F6N2O4. The zero-order chi connectivity index (χ0) is 49.6. The molecule has 6 aromatic rings. The fraction of sp³-hybridized carbons (Fsp3) is 0.263. The van der Waals surface area contributed by atoms with Gasteiger partial charge in [-0.3, -0.25) is 24.1 Å². The number of fused-ring (bicyclic) bond motifs is 5. The van der Waals surface area contributed by atoms with Crippen molar-refractivity contribution in [2.75, 3.05) is 4.90 Å². The van der Waals surface area contributed by atoms with Crippen LogP contribution in [0.3, 0.4) is 0 Å². The van der Waals surface area contributed by atoms with Crippen LogP contribution in [-0.2, 0) is 16.2 Å². The first-order valence-corrected chi connectivity index (χ1v) is 22.9. The molecule has 0 saturated heterocycles. The van der Waals surface area contributed by atoms with Crippen LogP contribution in [0.1, 0.15) is 141 Å². The topological polar surface area (TPSA) is 74.8 Å². The van der Waals surface area contributed by atoms with Gasteiger partial charge in [-0.05, 0) is 125 Å². The zero-order valence-electron chi connectivity index (χ0n) is 38.8. The molecule has 6 nitrogen and oxygen atoms in total. The standard InChI is InChI=1S/C57H48F6N2O4/c1-7-31-53(6,10-4)65-50(68)43-30-26-38(33-45(43)51(65)69)55(56(58,59)60,57(61,62)63)37-25-29-42-44(32-37)49(67)64(48(42)66)39-27-23-36(24-28-39)54(35-21-19-34(20-22-35)52(5,8-2)9-3)46-17-13-11-15-40(46)41-16-12-14-18-47(41)54/h7,11-33H,8-10H2,1-6H3/b31-7+. The summed E-state index contributed by atoms with van der Waals surface area (Å²) < 4.78 is 93.7. The summed E-state index contributed by atoms with van der Waals surface area (Å²) in [6, 6.07) is 35.1. The smallest absolute Gasteiger partial charge is 0.269 e. The van der Waals surface area contributed by atoms with Crippen molar-refractivity contribution in [3.63, 3.8) is 0 Å². The lowest BCUT2D eigenvalue weighted by molar-refractivity contribution is -0.288. The summed E-state index contributed by atoms with van der Waals surface area (Å²) in [5, 5.41) is 0. The van der Waals surface area contributed by atoms with Crippen molar-refractivity contribution in [2.24, 2.45) is 0 Å². The van der Waals surface area contributed by atoms with Crippen LogP contribution < -0.4 is 4.90 Å². The van der Waals surface area contributed by atoms with E-state index < -0.39 is 74.6 Å². The van der Waals surface area contributed by atoms with Gasteiger partial charge in [-0.15, -0.1) is 0 Å². The number of amides is 4. The quantitative estimate of drug-likeness (QED) is 0.0736. The zero-order valence-corrected chi connectivity index (χ0v) is 38.8. The lowest BCUT2D eigenvalue weighted by Crippen LogP contribution is -2.55. The summed E-state index contributed by atoms with van der Waals surface area (Å²) in [5.74, 6) is -3.96. The second kappa shape index (κ2) is 16.3. The highest BCUT2D eigenvalue weighted by atomic mass is 19.4. The third-order valence-electron chi connectivity index (χ3n) is 15.3. The molecule has 9 rings (SSSR count).